The molecule has 1 fully saturated rings. The Balaban J connectivity index is 1.92. The molecule has 3 rings (SSSR count). The van der Waals surface area contributed by atoms with E-state index in [-0.39, 0.29) is 11.5 Å². The smallest absolute Gasteiger partial charge is 0.214 e. The van der Waals surface area contributed by atoms with Crippen molar-refractivity contribution >= 4 is 21.6 Å². The number of aryl methyl sites for hydroxylation is 2. The summed E-state index contributed by atoms with van der Waals surface area (Å²) >= 11 is 1.20. The molecule has 1 aliphatic heterocycles. The van der Waals surface area contributed by atoms with Crippen LogP contribution in [0.2, 0.25) is 0 Å². The van der Waals surface area contributed by atoms with E-state index in [0.717, 1.165) is 16.8 Å². The minimum atomic E-state index is -3.19. The number of aliphatic hydroxyl groups is 1. The molecule has 2 atom stereocenters. The SMILES string of the molecule is Cc1ccc(C)c(-n2nnnc2S[C@H]2CS(=O)(=O)C[C@H]2O)c1. The number of benzene rings is 1. The average molecular weight is 340 g/mol. The second kappa shape index (κ2) is 5.64. The molecule has 7 nitrogen and oxygen atoms in total. The van der Waals surface area contributed by atoms with E-state index < -0.39 is 21.2 Å². The molecule has 0 saturated carbocycles. The van der Waals surface area contributed by atoms with Crippen LogP contribution in [0.3, 0.4) is 0 Å². The summed E-state index contributed by atoms with van der Waals surface area (Å²) in [7, 11) is -3.19. The Kier molecular flexibility index (Phi) is 3.96. The second-order valence-corrected chi connectivity index (χ2v) is 8.82. The number of tetrazole rings is 1. The molecule has 22 heavy (non-hydrogen) atoms. The van der Waals surface area contributed by atoms with E-state index >= 15 is 0 Å². The van der Waals surface area contributed by atoms with E-state index in [1.807, 2.05) is 32.0 Å². The van der Waals surface area contributed by atoms with E-state index in [1.165, 1.54) is 11.8 Å². The first kappa shape index (κ1) is 15.4. The number of thioether (sulfide) groups is 1. The first-order chi connectivity index (χ1) is 10.4. The van der Waals surface area contributed by atoms with Crippen molar-refractivity contribution in [3.63, 3.8) is 0 Å². The fraction of sp³-hybridized carbons (Fsp3) is 0.462. The Morgan fingerprint density at radius 1 is 1.32 bits per heavy atom. The topological polar surface area (TPSA) is 98.0 Å². The van der Waals surface area contributed by atoms with Crippen molar-refractivity contribution < 1.29 is 13.5 Å². The molecule has 0 spiro atoms. The van der Waals surface area contributed by atoms with Gasteiger partial charge in [0.25, 0.3) is 0 Å². The van der Waals surface area contributed by atoms with Gasteiger partial charge in [-0.25, -0.2) is 8.42 Å². The largest absolute Gasteiger partial charge is 0.391 e. The lowest BCUT2D eigenvalue weighted by atomic mass is 10.1. The van der Waals surface area contributed by atoms with Crippen LogP contribution in [0.25, 0.3) is 5.69 Å². The van der Waals surface area contributed by atoms with Gasteiger partial charge < -0.3 is 5.11 Å². The first-order valence-electron chi connectivity index (χ1n) is 6.77. The highest BCUT2D eigenvalue weighted by Crippen LogP contribution is 2.31. The molecule has 1 N–H and O–H groups in total. The number of sulfone groups is 1. The molecule has 0 bridgehead atoms. The van der Waals surface area contributed by atoms with E-state index in [9.17, 15) is 13.5 Å². The highest BCUT2D eigenvalue weighted by Gasteiger charge is 2.38. The van der Waals surface area contributed by atoms with Gasteiger partial charge in [0.1, 0.15) is 0 Å². The van der Waals surface area contributed by atoms with Crippen molar-refractivity contribution in [3.05, 3.63) is 29.3 Å². The van der Waals surface area contributed by atoms with Gasteiger partial charge in [-0.1, -0.05) is 23.9 Å². The molecule has 9 heteroatoms. The monoisotopic (exact) mass is 340 g/mol. The predicted molar refractivity (Wildman–Crippen MR) is 82.9 cm³/mol. The van der Waals surface area contributed by atoms with E-state index in [2.05, 4.69) is 15.5 Å². The van der Waals surface area contributed by atoms with Crippen molar-refractivity contribution in [2.24, 2.45) is 0 Å². The molecular formula is C13H16N4O3S2. The van der Waals surface area contributed by atoms with Crippen molar-refractivity contribution in [2.45, 2.75) is 30.4 Å². The third-order valence-electron chi connectivity index (χ3n) is 3.56. The molecule has 118 valence electrons. The molecule has 0 unspecified atom stereocenters. The number of aromatic nitrogens is 4. The van der Waals surface area contributed by atoms with Crippen molar-refractivity contribution in [2.75, 3.05) is 11.5 Å². The highest BCUT2D eigenvalue weighted by atomic mass is 32.2. The third kappa shape index (κ3) is 3.01. The van der Waals surface area contributed by atoms with Crippen molar-refractivity contribution in [1.29, 1.82) is 0 Å². The normalized spacial score (nSPS) is 23.8. The lowest BCUT2D eigenvalue weighted by Gasteiger charge is -2.12. The van der Waals surface area contributed by atoms with Crippen LogP contribution in [-0.2, 0) is 9.84 Å². The maximum atomic E-state index is 11.6. The fourth-order valence-electron chi connectivity index (χ4n) is 2.40. The van der Waals surface area contributed by atoms with Gasteiger partial charge in [-0.15, -0.1) is 5.10 Å². The lowest BCUT2D eigenvalue weighted by molar-refractivity contribution is 0.207. The molecule has 0 amide bonds. The van der Waals surface area contributed by atoms with Gasteiger partial charge in [0.15, 0.2) is 9.84 Å². The lowest BCUT2D eigenvalue weighted by Crippen LogP contribution is -2.20. The maximum Gasteiger partial charge on any atom is 0.214 e. The summed E-state index contributed by atoms with van der Waals surface area (Å²) < 4.78 is 24.8. The van der Waals surface area contributed by atoms with Crippen molar-refractivity contribution in [1.82, 2.24) is 20.2 Å². The Hall–Kier alpha value is -1.45. The zero-order valence-corrected chi connectivity index (χ0v) is 13.8. The van der Waals surface area contributed by atoms with Gasteiger partial charge in [-0.2, -0.15) is 4.68 Å². The van der Waals surface area contributed by atoms with Crippen LogP contribution in [0.5, 0.6) is 0 Å². The highest BCUT2D eigenvalue weighted by molar-refractivity contribution is 8.01. The summed E-state index contributed by atoms with van der Waals surface area (Å²) in [6.07, 6.45) is -0.890. The Labute approximate surface area is 132 Å². The molecule has 0 radical (unpaired) electrons. The molecule has 2 aromatic rings. The maximum absolute atomic E-state index is 11.6. The van der Waals surface area contributed by atoms with Gasteiger partial charge in [-0.05, 0) is 41.5 Å². The van der Waals surface area contributed by atoms with E-state index in [1.54, 1.807) is 4.68 Å². The van der Waals surface area contributed by atoms with Crippen LogP contribution in [0.15, 0.2) is 23.4 Å². The molecule has 0 aliphatic carbocycles. The predicted octanol–water partition coefficient (Wildman–Crippen LogP) is 0.529. The molecule has 1 aromatic carbocycles. The van der Waals surface area contributed by atoms with Gasteiger partial charge in [0.05, 0.1) is 28.5 Å². The van der Waals surface area contributed by atoms with Crippen LogP contribution >= 0.6 is 11.8 Å². The summed E-state index contributed by atoms with van der Waals surface area (Å²) in [6.45, 7) is 3.94. The molecule has 2 heterocycles. The summed E-state index contributed by atoms with van der Waals surface area (Å²) in [4.78, 5) is 0. The van der Waals surface area contributed by atoms with Crippen LogP contribution in [-0.4, -0.2) is 56.6 Å². The quantitative estimate of drug-likeness (QED) is 0.870. The zero-order valence-electron chi connectivity index (χ0n) is 12.2. The Morgan fingerprint density at radius 3 is 2.77 bits per heavy atom. The van der Waals surface area contributed by atoms with E-state index in [4.69, 9.17) is 0 Å². The molecule has 1 saturated heterocycles. The van der Waals surface area contributed by atoms with E-state index in [0.29, 0.717) is 5.16 Å². The van der Waals surface area contributed by atoms with Crippen LogP contribution < -0.4 is 0 Å². The number of hydrogen-bond donors (Lipinski definition) is 1. The summed E-state index contributed by atoms with van der Waals surface area (Å²) in [6, 6.07) is 5.95. The summed E-state index contributed by atoms with van der Waals surface area (Å²) in [5.41, 5.74) is 2.94. The third-order valence-corrected chi connectivity index (χ3v) is 6.74. The van der Waals surface area contributed by atoms with Crippen LogP contribution in [0.4, 0.5) is 0 Å². The molecule has 1 aromatic heterocycles. The molecule has 1 aliphatic rings. The molecular weight excluding hydrogens is 324 g/mol. The standard InChI is InChI=1S/C13H16N4O3S2/c1-8-3-4-9(2)10(5-8)17-13(14-15-16-17)21-12-7-22(19,20)6-11(12)18/h3-5,11-12,18H,6-7H2,1-2H3/t11-,12+/m1/s1. The van der Waals surface area contributed by atoms with Gasteiger partial charge >= 0.3 is 0 Å². The second-order valence-electron chi connectivity index (χ2n) is 5.46. The summed E-state index contributed by atoms with van der Waals surface area (Å²) in [5.74, 6) is -0.256. The zero-order chi connectivity index (χ0) is 15.9. The van der Waals surface area contributed by atoms with Crippen molar-refractivity contribution in [3.8, 4) is 5.69 Å². The Morgan fingerprint density at radius 2 is 2.09 bits per heavy atom. The van der Waals surface area contributed by atoms with Crippen LogP contribution in [0, 0.1) is 13.8 Å². The minimum Gasteiger partial charge on any atom is -0.391 e. The van der Waals surface area contributed by atoms with Gasteiger partial charge in [0, 0.05) is 0 Å². The number of nitrogens with zero attached hydrogens (tertiary/aromatic N) is 4. The fourth-order valence-corrected chi connectivity index (χ4v) is 5.87. The first-order valence-corrected chi connectivity index (χ1v) is 9.47. The number of aliphatic hydroxyl groups excluding tert-OH is 1. The average Bonchev–Trinajstić information content (AvgIpc) is 2.97. The summed E-state index contributed by atoms with van der Waals surface area (Å²) in [5, 5.41) is 21.6. The Bertz CT molecular complexity index is 803. The number of hydrogen-bond acceptors (Lipinski definition) is 7. The number of rotatable bonds is 3. The minimum absolute atomic E-state index is 0.0571. The van der Waals surface area contributed by atoms with Crippen LogP contribution in [0.1, 0.15) is 11.1 Å². The van der Waals surface area contributed by atoms with Gasteiger partial charge in [0.2, 0.25) is 5.16 Å². The van der Waals surface area contributed by atoms with Gasteiger partial charge in [-0.3, -0.25) is 0 Å².